The van der Waals surface area contributed by atoms with Crippen molar-refractivity contribution in [2.45, 2.75) is 38.3 Å². The molecular formula is C14H19ClN2O4. The van der Waals surface area contributed by atoms with E-state index in [0.29, 0.717) is 18.0 Å². The maximum Gasteiger partial charge on any atom is 0.312 e. The molecule has 1 unspecified atom stereocenters. The molecule has 0 radical (unpaired) electrons. The molecule has 1 aromatic carbocycles. The van der Waals surface area contributed by atoms with Gasteiger partial charge in [0.25, 0.3) is 0 Å². The number of nitrogens with zero attached hydrogens (tertiary/aromatic N) is 1. The first-order valence-electron chi connectivity index (χ1n) is 7.03. The van der Waals surface area contributed by atoms with E-state index < -0.39 is 16.7 Å². The van der Waals surface area contributed by atoms with E-state index in [0.717, 1.165) is 31.7 Å². The van der Waals surface area contributed by atoms with Crippen LogP contribution in [0.5, 0.6) is 5.75 Å². The largest absolute Gasteiger partial charge is 0.502 e. The van der Waals surface area contributed by atoms with Gasteiger partial charge in [0, 0.05) is 29.7 Å². The molecule has 0 heterocycles. The first-order valence-corrected chi connectivity index (χ1v) is 7.41. The molecule has 0 aromatic heterocycles. The molecule has 1 aliphatic rings. The molecule has 0 aliphatic heterocycles. The average molecular weight is 315 g/mol. The smallest absolute Gasteiger partial charge is 0.312 e. The van der Waals surface area contributed by atoms with Crippen molar-refractivity contribution in [3.05, 3.63) is 32.8 Å². The van der Waals surface area contributed by atoms with Crippen LogP contribution in [0, 0.1) is 16.0 Å². The van der Waals surface area contributed by atoms with Crippen molar-refractivity contribution in [1.82, 2.24) is 5.32 Å². The Kier molecular flexibility index (Phi) is 5.39. The van der Waals surface area contributed by atoms with Crippen LogP contribution in [0.1, 0.15) is 31.2 Å². The van der Waals surface area contributed by atoms with E-state index in [9.17, 15) is 20.3 Å². The van der Waals surface area contributed by atoms with Crippen LogP contribution in [0.3, 0.4) is 0 Å². The lowest BCUT2D eigenvalue weighted by Gasteiger charge is -2.18. The predicted molar refractivity (Wildman–Crippen MR) is 79.4 cm³/mol. The van der Waals surface area contributed by atoms with E-state index in [2.05, 4.69) is 5.32 Å². The zero-order chi connectivity index (χ0) is 15.4. The second-order valence-electron chi connectivity index (χ2n) is 5.43. The number of nitro groups is 1. The third-order valence-corrected chi connectivity index (χ3v) is 4.16. The van der Waals surface area contributed by atoms with Gasteiger partial charge in [-0.2, -0.15) is 0 Å². The van der Waals surface area contributed by atoms with Crippen molar-refractivity contribution in [2.24, 2.45) is 5.92 Å². The summed E-state index contributed by atoms with van der Waals surface area (Å²) in [5, 5.41) is 33.9. The molecule has 0 amide bonds. The number of aliphatic hydroxyl groups is 1. The average Bonchev–Trinajstić information content (AvgIpc) is 2.95. The summed E-state index contributed by atoms with van der Waals surface area (Å²) in [4.78, 5) is 10.1. The highest BCUT2D eigenvalue weighted by molar-refractivity contribution is 6.31. The molecule has 1 atom stereocenters. The Hall–Kier alpha value is -1.37. The van der Waals surface area contributed by atoms with E-state index in [1.54, 1.807) is 0 Å². The minimum absolute atomic E-state index is 0.202. The van der Waals surface area contributed by atoms with Gasteiger partial charge in [0.1, 0.15) is 0 Å². The Bertz CT molecular complexity index is 518. The van der Waals surface area contributed by atoms with Crippen LogP contribution < -0.4 is 5.32 Å². The Morgan fingerprint density at radius 3 is 2.71 bits per heavy atom. The van der Waals surface area contributed by atoms with Gasteiger partial charge in [0.15, 0.2) is 5.75 Å². The first kappa shape index (κ1) is 16.0. The van der Waals surface area contributed by atoms with Crippen molar-refractivity contribution in [1.29, 1.82) is 0 Å². The summed E-state index contributed by atoms with van der Waals surface area (Å²) in [6.45, 7) is 0.613. The van der Waals surface area contributed by atoms with E-state index in [4.69, 9.17) is 11.6 Å². The SMILES string of the molecule is O=[N+]([O-])c1cc(Cl)cc(CNCC(O)C2CCCC2)c1O. The Labute approximate surface area is 127 Å². The lowest BCUT2D eigenvalue weighted by Crippen LogP contribution is -2.31. The topological polar surface area (TPSA) is 95.6 Å². The van der Waals surface area contributed by atoms with E-state index in [1.165, 1.54) is 6.07 Å². The van der Waals surface area contributed by atoms with E-state index in [1.807, 2.05) is 0 Å². The lowest BCUT2D eigenvalue weighted by molar-refractivity contribution is -0.385. The molecule has 0 saturated heterocycles. The number of phenols is 1. The van der Waals surface area contributed by atoms with Gasteiger partial charge in [-0.3, -0.25) is 10.1 Å². The quantitative estimate of drug-likeness (QED) is 0.554. The summed E-state index contributed by atoms with van der Waals surface area (Å²) >= 11 is 5.82. The molecule has 1 saturated carbocycles. The fraction of sp³-hybridized carbons (Fsp3) is 0.571. The monoisotopic (exact) mass is 314 g/mol. The minimum Gasteiger partial charge on any atom is -0.502 e. The second-order valence-corrected chi connectivity index (χ2v) is 5.87. The molecule has 0 spiro atoms. The third-order valence-electron chi connectivity index (χ3n) is 3.94. The number of nitrogens with one attached hydrogen (secondary N) is 1. The second kappa shape index (κ2) is 7.06. The van der Waals surface area contributed by atoms with Crippen molar-refractivity contribution in [3.63, 3.8) is 0 Å². The van der Waals surface area contributed by atoms with Gasteiger partial charge in [0.05, 0.1) is 11.0 Å². The zero-order valence-corrected chi connectivity index (χ0v) is 12.3. The predicted octanol–water partition coefficient (Wildman–Crippen LogP) is 2.59. The highest BCUT2D eigenvalue weighted by Crippen LogP contribution is 2.33. The van der Waals surface area contributed by atoms with Crippen LogP contribution in [-0.2, 0) is 6.54 Å². The summed E-state index contributed by atoms with van der Waals surface area (Å²) in [5.41, 5.74) is -0.0523. The summed E-state index contributed by atoms with van der Waals surface area (Å²) in [7, 11) is 0. The highest BCUT2D eigenvalue weighted by atomic mass is 35.5. The molecule has 0 bridgehead atoms. The Morgan fingerprint density at radius 2 is 2.10 bits per heavy atom. The summed E-state index contributed by atoms with van der Waals surface area (Å²) in [6, 6.07) is 2.60. The number of rotatable bonds is 6. The van der Waals surface area contributed by atoms with E-state index >= 15 is 0 Å². The summed E-state index contributed by atoms with van der Waals surface area (Å²) in [6.07, 6.45) is 3.96. The molecule has 1 aliphatic carbocycles. The molecule has 2 rings (SSSR count). The molecular weight excluding hydrogens is 296 g/mol. The summed E-state index contributed by atoms with van der Waals surface area (Å²) < 4.78 is 0. The van der Waals surface area contributed by atoms with E-state index in [-0.39, 0.29) is 17.3 Å². The van der Waals surface area contributed by atoms with Gasteiger partial charge in [-0.05, 0) is 24.8 Å². The van der Waals surface area contributed by atoms with Crippen LogP contribution >= 0.6 is 11.6 Å². The van der Waals surface area contributed by atoms with Crippen LogP contribution in [-0.4, -0.2) is 27.8 Å². The maximum atomic E-state index is 10.8. The maximum absolute atomic E-state index is 10.8. The molecule has 7 heteroatoms. The molecule has 3 N–H and O–H groups in total. The lowest BCUT2D eigenvalue weighted by atomic mass is 10.0. The number of hydrogen-bond acceptors (Lipinski definition) is 5. The summed E-state index contributed by atoms with van der Waals surface area (Å²) in [5.74, 6) is -0.0629. The fourth-order valence-corrected chi connectivity index (χ4v) is 3.01. The number of halogens is 1. The first-order chi connectivity index (χ1) is 9.99. The Morgan fingerprint density at radius 1 is 1.43 bits per heavy atom. The molecule has 1 aromatic rings. The van der Waals surface area contributed by atoms with Crippen LogP contribution in [0.2, 0.25) is 5.02 Å². The van der Waals surface area contributed by atoms with Gasteiger partial charge in [-0.1, -0.05) is 24.4 Å². The van der Waals surface area contributed by atoms with Gasteiger partial charge in [-0.25, -0.2) is 0 Å². The van der Waals surface area contributed by atoms with Crippen molar-refractivity contribution in [2.75, 3.05) is 6.54 Å². The van der Waals surface area contributed by atoms with Gasteiger partial charge < -0.3 is 15.5 Å². The third kappa shape index (κ3) is 4.06. The van der Waals surface area contributed by atoms with Crippen molar-refractivity contribution in [3.8, 4) is 5.75 Å². The standard InChI is InChI=1S/C14H19ClN2O4/c15-11-5-10(14(19)12(6-11)17(20)21)7-16-8-13(18)9-3-1-2-4-9/h5-6,9,13,16,18-19H,1-4,7-8H2. The number of hydrogen-bond donors (Lipinski definition) is 3. The molecule has 6 nitrogen and oxygen atoms in total. The fourth-order valence-electron chi connectivity index (χ4n) is 2.78. The molecule has 116 valence electrons. The molecule has 1 fully saturated rings. The van der Waals surface area contributed by atoms with Crippen molar-refractivity contribution >= 4 is 17.3 Å². The van der Waals surface area contributed by atoms with Gasteiger partial charge >= 0.3 is 5.69 Å². The number of nitro benzene ring substituents is 1. The number of aliphatic hydroxyl groups excluding tert-OH is 1. The van der Waals surface area contributed by atoms with Crippen LogP contribution in [0.25, 0.3) is 0 Å². The number of aromatic hydroxyl groups is 1. The number of phenolic OH excluding ortho intramolecular Hbond substituents is 1. The normalized spacial score (nSPS) is 17.0. The minimum atomic E-state index is -0.669. The highest BCUT2D eigenvalue weighted by Gasteiger charge is 2.23. The number of benzene rings is 1. The van der Waals surface area contributed by atoms with Crippen molar-refractivity contribution < 1.29 is 15.1 Å². The Balaban J connectivity index is 1.95. The molecule has 21 heavy (non-hydrogen) atoms. The zero-order valence-electron chi connectivity index (χ0n) is 11.6. The van der Waals surface area contributed by atoms with Gasteiger partial charge in [0.2, 0.25) is 0 Å². The van der Waals surface area contributed by atoms with Crippen LogP contribution in [0.4, 0.5) is 5.69 Å². The van der Waals surface area contributed by atoms with Crippen LogP contribution in [0.15, 0.2) is 12.1 Å². The van der Waals surface area contributed by atoms with Gasteiger partial charge in [-0.15, -0.1) is 0 Å².